The van der Waals surface area contributed by atoms with Crippen LogP contribution < -0.4 is 14.8 Å². The number of aromatic nitrogens is 2. The van der Waals surface area contributed by atoms with Gasteiger partial charge in [-0.15, -0.1) is 11.6 Å². The third-order valence-electron chi connectivity index (χ3n) is 4.04. The number of ether oxygens (including phenoxy) is 2. The predicted molar refractivity (Wildman–Crippen MR) is 107 cm³/mol. The van der Waals surface area contributed by atoms with Crippen LogP contribution in [-0.2, 0) is 4.79 Å². The largest absolute Gasteiger partial charge is 0.493 e. The maximum absolute atomic E-state index is 12.1. The van der Waals surface area contributed by atoms with Gasteiger partial charge in [-0.3, -0.25) is 4.79 Å². The van der Waals surface area contributed by atoms with Crippen molar-refractivity contribution in [2.24, 2.45) is 0 Å². The second kappa shape index (κ2) is 9.23. The Morgan fingerprint density at radius 3 is 2.68 bits per heavy atom. The molecule has 8 heteroatoms. The van der Waals surface area contributed by atoms with E-state index >= 15 is 0 Å². The van der Waals surface area contributed by atoms with Gasteiger partial charge in [0.05, 0.1) is 25.5 Å². The average molecular weight is 402 g/mol. The molecule has 0 unspecified atom stereocenters. The number of amides is 1. The fraction of sp³-hybridized carbons (Fsp3) is 0.250. The first-order valence-corrected chi connectivity index (χ1v) is 9.21. The van der Waals surface area contributed by atoms with Crippen molar-refractivity contribution in [2.45, 2.75) is 12.8 Å². The van der Waals surface area contributed by atoms with E-state index in [0.717, 1.165) is 5.56 Å². The van der Waals surface area contributed by atoms with E-state index in [4.69, 9.17) is 25.6 Å². The van der Waals surface area contributed by atoms with Crippen LogP contribution in [0.2, 0.25) is 0 Å². The van der Waals surface area contributed by atoms with Crippen LogP contribution in [0.1, 0.15) is 12.8 Å². The van der Waals surface area contributed by atoms with Crippen LogP contribution in [0.15, 0.2) is 47.0 Å². The van der Waals surface area contributed by atoms with Crippen LogP contribution in [0.5, 0.6) is 11.5 Å². The fourth-order valence-electron chi connectivity index (χ4n) is 2.64. The fourth-order valence-corrected chi connectivity index (χ4v) is 2.78. The smallest absolute Gasteiger partial charge is 0.260 e. The molecule has 2 aromatic carbocycles. The highest BCUT2D eigenvalue weighted by Crippen LogP contribution is 2.33. The molecule has 1 N–H and O–H groups in total. The lowest BCUT2D eigenvalue weighted by Gasteiger charge is -2.08. The second-order valence-electron chi connectivity index (χ2n) is 5.88. The number of benzene rings is 2. The molecule has 0 atom stereocenters. The molecule has 0 radical (unpaired) electrons. The zero-order chi connectivity index (χ0) is 19.9. The second-order valence-corrected chi connectivity index (χ2v) is 6.26. The molecule has 1 heterocycles. The highest BCUT2D eigenvalue weighted by atomic mass is 35.5. The Labute approximate surface area is 167 Å². The van der Waals surface area contributed by atoms with Crippen LogP contribution in [-0.4, -0.2) is 36.1 Å². The summed E-state index contributed by atoms with van der Waals surface area (Å²) >= 11 is 5.65. The van der Waals surface area contributed by atoms with E-state index in [1.54, 1.807) is 32.4 Å². The van der Waals surface area contributed by atoms with Gasteiger partial charge in [-0.2, -0.15) is 4.98 Å². The van der Waals surface area contributed by atoms with E-state index < -0.39 is 0 Å². The van der Waals surface area contributed by atoms with Crippen LogP contribution in [0.3, 0.4) is 0 Å². The first-order chi connectivity index (χ1) is 13.7. The molecule has 0 spiro atoms. The highest BCUT2D eigenvalue weighted by molar-refractivity contribution is 6.18. The van der Waals surface area contributed by atoms with E-state index in [1.165, 1.54) is 0 Å². The standard InChI is InChI=1S/C20H20ClN3O4/c1-26-16-10-9-13(12-17(16)27-2)19-23-20(28-24-19)14-6-3-4-7-15(14)22-18(25)8-5-11-21/h3-4,6-7,9-10,12H,5,8,11H2,1-2H3,(H,22,25). The number of halogens is 1. The zero-order valence-electron chi connectivity index (χ0n) is 15.6. The van der Waals surface area contributed by atoms with E-state index in [-0.39, 0.29) is 5.91 Å². The molecule has 0 fully saturated rings. The number of hydrogen-bond acceptors (Lipinski definition) is 6. The molecule has 0 aliphatic rings. The number of nitrogens with one attached hydrogen (secondary N) is 1. The summed E-state index contributed by atoms with van der Waals surface area (Å²) in [6, 6.07) is 12.6. The minimum absolute atomic E-state index is 0.118. The topological polar surface area (TPSA) is 86.5 Å². The zero-order valence-corrected chi connectivity index (χ0v) is 16.3. The van der Waals surface area contributed by atoms with Crippen molar-refractivity contribution < 1.29 is 18.8 Å². The summed E-state index contributed by atoms with van der Waals surface area (Å²) in [4.78, 5) is 16.5. The summed E-state index contributed by atoms with van der Waals surface area (Å²) in [5.74, 6) is 2.20. The van der Waals surface area contributed by atoms with Gasteiger partial charge in [0.25, 0.3) is 5.89 Å². The Morgan fingerprint density at radius 1 is 1.14 bits per heavy atom. The highest BCUT2D eigenvalue weighted by Gasteiger charge is 2.16. The summed E-state index contributed by atoms with van der Waals surface area (Å²) < 4.78 is 16.0. The lowest BCUT2D eigenvalue weighted by Crippen LogP contribution is -2.12. The number of hydrogen-bond donors (Lipinski definition) is 1. The number of methoxy groups -OCH3 is 2. The first-order valence-electron chi connectivity index (χ1n) is 8.67. The molecule has 0 saturated carbocycles. The minimum Gasteiger partial charge on any atom is -0.493 e. The van der Waals surface area contributed by atoms with Gasteiger partial charge in [0, 0.05) is 17.9 Å². The molecule has 3 rings (SSSR count). The Morgan fingerprint density at radius 2 is 1.93 bits per heavy atom. The van der Waals surface area contributed by atoms with Crippen molar-refractivity contribution in [3.05, 3.63) is 42.5 Å². The van der Waals surface area contributed by atoms with Gasteiger partial charge in [-0.25, -0.2) is 0 Å². The third-order valence-corrected chi connectivity index (χ3v) is 4.30. The minimum atomic E-state index is -0.118. The van der Waals surface area contributed by atoms with Crippen LogP contribution in [0, 0.1) is 0 Å². The maximum atomic E-state index is 12.1. The van der Waals surface area contributed by atoms with E-state index in [2.05, 4.69) is 15.5 Å². The molecule has 0 saturated heterocycles. The molecule has 3 aromatic rings. The van der Waals surface area contributed by atoms with Crippen molar-refractivity contribution in [3.63, 3.8) is 0 Å². The molecule has 1 amide bonds. The molecule has 7 nitrogen and oxygen atoms in total. The van der Waals surface area contributed by atoms with Crippen molar-refractivity contribution in [2.75, 3.05) is 25.4 Å². The van der Waals surface area contributed by atoms with Gasteiger partial charge in [-0.05, 0) is 36.8 Å². The summed E-state index contributed by atoms with van der Waals surface area (Å²) in [7, 11) is 3.13. The molecule has 0 bridgehead atoms. The van der Waals surface area contributed by atoms with Gasteiger partial charge in [0.2, 0.25) is 11.7 Å². The summed E-state index contributed by atoms with van der Waals surface area (Å²) in [6.45, 7) is 0. The Bertz CT molecular complexity index is 958. The van der Waals surface area contributed by atoms with E-state index in [9.17, 15) is 4.79 Å². The number of nitrogens with zero attached hydrogens (tertiary/aromatic N) is 2. The predicted octanol–water partition coefficient (Wildman–Crippen LogP) is 4.38. The van der Waals surface area contributed by atoms with Crippen molar-refractivity contribution in [1.82, 2.24) is 10.1 Å². The van der Waals surface area contributed by atoms with Crippen molar-refractivity contribution in [3.8, 4) is 34.3 Å². The van der Waals surface area contributed by atoms with Gasteiger partial charge < -0.3 is 19.3 Å². The van der Waals surface area contributed by atoms with Gasteiger partial charge in [-0.1, -0.05) is 17.3 Å². The quantitative estimate of drug-likeness (QED) is 0.564. The van der Waals surface area contributed by atoms with Crippen molar-refractivity contribution >= 4 is 23.2 Å². The number of carbonyl (C=O) groups excluding carboxylic acids is 1. The Hall–Kier alpha value is -3.06. The van der Waals surface area contributed by atoms with Crippen LogP contribution in [0.25, 0.3) is 22.8 Å². The lowest BCUT2D eigenvalue weighted by molar-refractivity contribution is -0.116. The number of anilines is 1. The molecule has 146 valence electrons. The summed E-state index contributed by atoms with van der Waals surface area (Å²) in [5, 5.41) is 6.92. The number of para-hydroxylation sites is 1. The molecule has 28 heavy (non-hydrogen) atoms. The number of carbonyl (C=O) groups is 1. The summed E-state index contributed by atoms with van der Waals surface area (Å²) in [5.41, 5.74) is 1.96. The maximum Gasteiger partial charge on any atom is 0.260 e. The third kappa shape index (κ3) is 4.43. The van der Waals surface area contributed by atoms with Crippen molar-refractivity contribution in [1.29, 1.82) is 0 Å². The van der Waals surface area contributed by atoms with E-state index in [1.807, 2.05) is 24.3 Å². The SMILES string of the molecule is COc1ccc(-c2noc(-c3ccccc3NC(=O)CCCCl)n2)cc1OC. The molecule has 0 aliphatic carbocycles. The Kier molecular flexibility index (Phi) is 6.49. The van der Waals surface area contributed by atoms with Gasteiger partial charge >= 0.3 is 0 Å². The Balaban J connectivity index is 1.88. The van der Waals surface area contributed by atoms with Crippen LogP contribution >= 0.6 is 11.6 Å². The number of alkyl halides is 1. The van der Waals surface area contributed by atoms with Gasteiger partial charge in [0.15, 0.2) is 11.5 Å². The normalized spacial score (nSPS) is 10.5. The average Bonchev–Trinajstić information content (AvgIpc) is 3.22. The molecule has 1 aromatic heterocycles. The molecular weight excluding hydrogens is 382 g/mol. The molecule has 0 aliphatic heterocycles. The van der Waals surface area contributed by atoms with Crippen LogP contribution in [0.4, 0.5) is 5.69 Å². The summed E-state index contributed by atoms with van der Waals surface area (Å²) in [6.07, 6.45) is 0.956. The lowest BCUT2D eigenvalue weighted by atomic mass is 10.1. The number of rotatable bonds is 8. The first kappa shape index (κ1) is 19.7. The van der Waals surface area contributed by atoms with Gasteiger partial charge in [0.1, 0.15) is 0 Å². The van der Waals surface area contributed by atoms with E-state index in [0.29, 0.717) is 53.2 Å². The monoisotopic (exact) mass is 401 g/mol. The molecular formula is C20H20ClN3O4.